The van der Waals surface area contributed by atoms with Crippen molar-refractivity contribution in [3.8, 4) is 0 Å². The van der Waals surface area contributed by atoms with Crippen LogP contribution in [0.1, 0.15) is 81.8 Å². The number of hydrogen-bond donors (Lipinski definition) is 1. The number of carbonyl (C=O) groups excluding carboxylic acids is 4. The fourth-order valence-corrected chi connectivity index (χ4v) is 7.39. The molecular weight excluding hydrogens is 569 g/mol. The summed E-state index contributed by atoms with van der Waals surface area (Å²) in [5.41, 5.74) is 0.715. The van der Waals surface area contributed by atoms with Crippen LogP contribution in [0.25, 0.3) is 0 Å². The van der Waals surface area contributed by atoms with Crippen molar-refractivity contribution in [2.24, 2.45) is 4.99 Å². The summed E-state index contributed by atoms with van der Waals surface area (Å²) >= 11 is 4.25. The van der Waals surface area contributed by atoms with Gasteiger partial charge >= 0.3 is 5.97 Å². The standard InChI is InChI=1S/C28H38N4O5S3/c1-2-3-4-5-6-12-25(34)38-14-8-7-10-19-15-23(33)29-16-24-30-20(17-39-24)26-31-21(18-40-26)27(35)32-13-9-11-22(32)28(36)37-19/h7,10,17,19,21-22H,2-6,8-9,11-16,18H2,1H3,(H,29,33)/b10-7+/t19?,21-,22-/m0/s1. The SMILES string of the molecule is CCCCCCCC(=O)SCC/C=C/C1CC(=O)NCc2nc(cs2)C2=N[C@@H](CS2)C(=O)N2CCC[C@H]2C(=O)O1. The molecule has 12 heteroatoms. The van der Waals surface area contributed by atoms with Crippen LogP contribution in [0.4, 0.5) is 0 Å². The van der Waals surface area contributed by atoms with E-state index in [2.05, 4.69) is 22.2 Å². The van der Waals surface area contributed by atoms with Gasteiger partial charge in [0.15, 0.2) is 5.12 Å². The van der Waals surface area contributed by atoms with Crippen LogP contribution in [-0.2, 0) is 30.5 Å². The lowest BCUT2D eigenvalue weighted by Gasteiger charge is -2.26. The number of nitrogens with zero attached hydrogens (tertiary/aromatic N) is 3. The van der Waals surface area contributed by atoms with Crippen molar-refractivity contribution in [3.63, 3.8) is 0 Å². The zero-order chi connectivity index (χ0) is 28.3. The Hall–Kier alpha value is -2.18. The lowest BCUT2D eigenvalue weighted by Crippen LogP contribution is -2.46. The topological polar surface area (TPSA) is 118 Å². The summed E-state index contributed by atoms with van der Waals surface area (Å²) in [6.07, 6.45) is 10.9. The van der Waals surface area contributed by atoms with Gasteiger partial charge in [-0.1, -0.05) is 50.4 Å². The average molecular weight is 607 g/mol. The molecule has 0 spiro atoms. The fraction of sp³-hybridized carbons (Fsp3) is 0.643. The normalized spacial score (nSPS) is 23.7. The molecule has 3 aliphatic heterocycles. The smallest absolute Gasteiger partial charge is 0.329 e. The van der Waals surface area contributed by atoms with Gasteiger partial charge < -0.3 is 15.0 Å². The maximum atomic E-state index is 13.3. The predicted octanol–water partition coefficient (Wildman–Crippen LogP) is 4.49. The van der Waals surface area contributed by atoms with Crippen molar-refractivity contribution >= 4 is 62.8 Å². The van der Waals surface area contributed by atoms with E-state index in [4.69, 9.17) is 4.74 Å². The van der Waals surface area contributed by atoms with Gasteiger partial charge in [0.25, 0.3) is 0 Å². The summed E-state index contributed by atoms with van der Waals surface area (Å²) in [6, 6.07) is -1.22. The van der Waals surface area contributed by atoms with Crippen LogP contribution in [0, 0.1) is 0 Å². The Balaban J connectivity index is 1.37. The first-order chi connectivity index (χ1) is 19.4. The van der Waals surface area contributed by atoms with Crippen LogP contribution in [0.5, 0.6) is 0 Å². The van der Waals surface area contributed by atoms with Crippen LogP contribution in [0.2, 0.25) is 0 Å². The minimum atomic E-state index is -0.768. The third-order valence-corrected chi connectivity index (χ3v) is 9.87. The number of allylic oxidation sites excluding steroid dienone is 1. The highest BCUT2D eigenvalue weighted by atomic mass is 32.2. The van der Waals surface area contributed by atoms with Crippen LogP contribution >= 0.6 is 34.9 Å². The highest BCUT2D eigenvalue weighted by Gasteiger charge is 2.40. The Labute approximate surface area is 248 Å². The van der Waals surface area contributed by atoms with Gasteiger partial charge in [-0.2, -0.15) is 0 Å². The molecule has 0 saturated carbocycles. The number of cyclic esters (lactones) is 1. The van der Waals surface area contributed by atoms with Gasteiger partial charge in [0.2, 0.25) is 11.8 Å². The minimum Gasteiger partial charge on any atom is -0.456 e. The number of thiazole rings is 1. The van der Waals surface area contributed by atoms with Crippen molar-refractivity contribution < 1.29 is 23.9 Å². The molecule has 0 radical (unpaired) electrons. The molecule has 40 heavy (non-hydrogen) atoms. The zero-order valence-corrected chi connectivity index (χ0v) is 25.4. The number of aromatic nitrogens is 1. The molecule has 1 fully saturated rings. The van der Waals surface area contributed by atoms with E-state index in [1.54, 1.807) is 11.0 Å². The number of aliphatic imine (C=N–C) groups is 1. The Morgan fingerprint density at radius 3 is 2.95 bits per heavy atom. The predicted molar refractivity (Wildman–Crippen MR) is 161 cm³/mol. The largest absolute Gasteiger partial charge is 0.456 e. The van der Waals surface area contributed by atoms with Crippen molar-refractivity contribution in [2.75, 3.05) is 18.1 Å². The molecule has 2 amide bonds. The van der Waals surface area contributed by atoms with E-state index in [1.165, 1.54) is 54.1 Å². The molecule has 1 aromatic rings. The highest BCUT2D eigenvalue weighted by Crippen LogP contribution is 2.29. The second kappa shape index (κ2) is 15.7. The van der Waals surface area contributed by atoms with Gasteiger partial charge in [-0.05, 0) is 31.8 Å². The molecule has 1 unspecified atom stereocenters. The molecule has 4 rings (SSSR count). The quantitative estimate of drug-likeness (QED) is 0.235. The minimum absolute atomic E-state index is 0.0316. The summed E-state index contributed by atoms with van der Waals surface area (Å²) in [4.78, 5) is 62.2. The van der Waals surface area contributed by atoms with Gasteiger partial charge in [0.05, 0.1) is 13.0 Å². The Kier molecular flexibility index (Phi) is 12.1. The number of ether oxygens (including phenoxy) is 1. The van der Waals surface area contributed by atoms with Crippen molar-refractivity contribution in [3.05, 3.63) is 28.2 Å². The van der Waals surface area contributed by atoms with Gasteiger partial charge in [0.1, 0.15) is 33.9 Å². The van der Waals surface area contributed by atoms with Crippen LogP contribution in [-0.4, -0.2) is 74.1 Å². The van der Waals surface area contributed by atoms with Gasteiger partial charge in [-0.3, -0.25) is 19.4 Å². The number of carbonyl (C=O) groups is 4. The van der Waals surface area contributed by atoms with E-state index in [-0.39, 0.29) is 29.9 Å². The number of fused-ring (bicyclic) bond motifs is 5. The molecule has 3 atom stereocenters. The van der Waals surface area contributed by atoms with Gasteiger partial charge in [-0.25, -0.2) is 9.78 Å². The molecule has 3 aliphatic rings. The Morgan fingerprint density at radius 1 is 1.25 bits per heavy atom. The van der Waals surface area contributed by atoms with E-state index in [1.807, 2.05) is 11.5 Å². The van der Waals surface area contributed by atoms with E-state index in [9.17, 15) is 19.2 Å². The third-order valence-electron chi connectivity index (χ3n) is 6.99. The van der Waals surface area contributed by atoms with Gasteiger partial charge in [-0.15, -0.1) is 23.1 Å². The lowest BCUT2D eigenvalue weighted by molar-refractivity contribution is -0.157. The summed E-state index contributed by atoms with van der Waals surface area (Å²) in [5, 5.41) is 6.43. The number of rotatable bonds is 10. The van der Waals surface area contributed by atoms with Gasteiger partial charge in [0, 0.05) is 29.9 Å². The van der Waals surface area contributed by atoms with E-state index < -0.39 is 24.2 Å². The molecule has 0 aliphatic carbocycles. The molecule has 1 N–H and O–H groups in total. The number of thioether (sulfide) groups is 2. The van der Waals surface area contributed by atoms with E-state index in [0.29, 0.717) is 49.4 Å². The molecule has 1 saturated heterocycles. The molecule has 1 aromatic heterocycles. The number of esters is 1. The van der Waals surface area contributed by atoms with E-state index in [0.717, 1.165) is 22.9 Å². The summed E-state index contributed by atoms with van der Waals surface area (Å²) in [5.74, 6) is 0.231. The number of hydrogen-bond acceptors (Lipinski definition) is 10. The van der Waals surface area contributed by atoms with Crippen LogP contribution in [0.3, 0.4) is 0 Å². The Bertz CT molecular complexity index is 1120. The maximum Gasteiger partial charge on any atom is 0.329 e. The third kappa shape index (κ3) is 8.91. The first-order valence-corrected chi connectivity index (χ1v) is 17.0. The zero-order valence-electron chi connectivity index (χ0n) is 23.0. The molecule has 0 aromatic carbocycles. The molecule has 218 valence electrons. The monoisotopic (exact) mass is 606 g/mol. The second-order valence-electron chi connectivity index (χ2n) is 10.1. The van der Waals surface area contributed by atoms with Crippen molar-refractivity contribution in [1.82, 2.24) is 15.2 Å². The molecule has 9 nitrogen and oxygen atoms in total. The Morgan fingerprint density at radius 2 is 2.10 bits per heavy atom. The second-order valence-corrected chi connectivity index (χ2v) is 13.2. The fourth-order valence-electron chi connectivity index (χ4n) is 4.84. The van der Waals surface area contributed by atoms with Crippen molar-refractivity contribution in [2.45, 2.75) is 95.9 Å². The highest BCUT2D eigenvalue weighted by molar-refractivity contribution is 8.14. The number of nitrogens with one attached hydrogen (secondary N) is 1. The number of unbranched alkanes of at least 4 members (excludes halogenated alkanes) is 4. The summed E-state index contributed by atoms with van der Waals surface area (Å²) < 4.78 is 5.80. The lowest BCUT2D eigenvalue weighted by atomic mass is 10.1. The van der Waals surface area contributed by atoms with Crippen LogP contribution < -0.4 is 5.32 Å². The molecule has 4 bridgehead atoms. The average Bonchev–Trinajstić information content (AvgIpc) is 3.71. The first-order valence-electron chi connectivity index (χ1n) is 14.2. The summed E-state index contributed by atoms with van der Waals surface area (Å²) in [6.45, 7) is 2.92. The number of amides is 2. The maximum absolute atomic E-state index is 13.3. The first kappa shape index (κ1) is 30.8. The van der Waals surface area contributed by atoms with Crippen LogP contribution in [0.15, 0.2) is 22.5 Å². The van der Waals surface area contributed by atoms with Crippen molar-refractivity contribution in [1.29, 1.82) is 0 Å². The molecular formula is C28H38N4O5S3. The molecule has 4 heterocycles. The van der Waals surface area contributed by atoms with E-state index >= 15 is 0 Å². The summed E-state index contributed by atoms with van der Waals surface area (Å²) in [7, 11) is 0.